The van der Waals surface area contributed by atoms with E-state index in [0.717, 1.165) is 4.88 Å². The molecule has 0 radical (unpaired) electrons. The summed E-state index contributed by atoms with van der Waals surface area (Å²) in [6, 6.07) is 3.62. The molecule has 0 amide bonds. The Labute approximate surface area is 94.7 Å². The maximum absolute atomic E-state index is 5.80. The largest absolute Gasteiger partial charge is 0.333 e. The maximum Gasteiger partial charge on any atom is 0.268 e. The summed E-state index contributed by atoms with van der Waals surface area (Å²) in [4.78, 5) is 4.99. The molecule has 0 bridgehead atoms. The minimum atomic E-state index is -0.247. The van der Waals surface area contributed by atoms with E-state index in [9.17, 15) is 0 Å². The standard InChI is InChI=1S/C8H6Cl2N2OS/c1-4(9)7-11-8(13-12-7)5-2-3-6(10)14-5/h2-4H,1H3. The molecule has 2 heterocycles. The molecule has 0 aliphatic rings. The van der Waals surface area contributed by atoms with Crippen LogP contribution in [0.15, 0.2) is 16.7 Å². The van der Waals surface area contributed by atoms with E-state index in [1.807, 2.05) is 6.07 Å². The van der Waals surface area contributed by atoms with Crippen LogP contribution in [0, 0.1) is 0 Å². The van der Waals surface area contributed by atoms with Gasteiger partial charge in [0.15, 0.2) is 5.82 Å². The van der Waals surface area contributed by atoms with Gasteiger partial charge in [-0.1, -0.05) is 16.8 Å². The number of aromatic nitrogens is 2. The van der Waals surface area contributed by atoms with Gasteiger partial charge >= 0.3 is 0 Å². The molecule has 14 heavy (non-hydrogen) atoms. The summed E-state index contributed by atoms with van der Waals surface area (Å²) >= 11 is 13.0. The second-order valence-electron chi connectivity index (χ2n) is 2.68. The van der Waals surface area contributed by atoms with Crippen LogP contribution < -0.4 is 0 Å². The van der Waals surface area contributed by atoms with Crippen molar-refractivity contribution in [1.82, 2.24) is 10.1 Å². The lowest BCUT2D eigenvalue weighted by Crippen LogP contribution is -1.85. The molecule has 1 atom stereocenters. The molecule has 2 rings (SSSR count). The molecule has 2 aromatic heterocycles. The molecular formula is C8H6Cl2N2OS. The first-order valence-corrected chi connectivity index (χ1v) is 5.53. The fourth-order valence-electron chi connectivity index (χ4n) is 0.926. The number of rotatable bonds is 2. The van der Waals surface area contributed by atoms with E-state index in [0.29, 0.717) is 16.1 Å². The van der Waals surface area contributed by atoms with Gasteiger partial charge in [-0.05, 0) is 19.1 Å². The Hall–Kier alpha value is -0.580. The van der Waals surface area contributed by atoms with Crippen molar-refractivity contribution in [3.8, 4) is 10.8 Å². The van der Waals surface area contributed by atoms with Crippen LogP contribution in [0.2, 0.25) is 4.34 Å². The predicted molar refractivity (Wildman–Crippen MR) is 56.9 cm³/mol. The van der Waals surface area contributed by atoms with Crippen molar-refractivity contribution in [2.45, 2.75) is 12.3 Å². The Morgan fingerprint density at radius 1 is 1.50 bits per heavy atom. The Morgan fingerprint density at radius 3 is 2.79 bits per heavy atom. The third kappa shape index (κ3) is 1.92. The average molecular weight is 249 g/mol. The van der Waals surface area contributed by atoms with Crippen molar-refractivity contribution in [2.24, 2.45) is 0 Å². The van der Waals surface area contributed by atoms with Gasteiger partial charge in [0, 0.05) is 0 Å². The topological polar surface area (TPSA) is 38.9 Å². The predicted octanol–water partition coefficient (Wildman–Crippen LogP) is 3.75. The number of hydrogen-bond donors (Lipinski definition) is 0. The molecule has 0 fully saturated rings. The van der Waals surface area contributed by atoms with Crippen LogP contribution in [-0.4, -0.2) is 10.1 Å². The van der Waals surface area contributed by atoms with Crippen molar-refractivity contribution in [3.05, 3.63) is 22.3 Å². The molecule has 74 valence electrons. The molecule has 1 unspecified atom stereocenters. The van der Waals surface area contributed by atoms with Gasteiger partial charge in [0.25, 0.3) is 5.89 Å². The molecule has 0 N–H and O–H groups in total. The van der Waals surface area contributed by atoms with Crippen molar-refractivity contribution in [2.75, 3.05) is 0 Å². The summed E-state index contributed by atoms with van der Waals surface area (Å²) in [7, 11) is 0. The van der Waals surface area contributed by atoms with Crippen molar-refractivity contribution >= 4 is 34.5 Å². The van der Waals surface area contributed by atoms with E-state index < -0.39 is 0 Å². The first-order valence-electron chi connectivity index (χ1n) is 3.90. The fourth-order valence-corrected chi connectivity index (χ4v) is 1.98. The van der Waals surface area contributed by atoms with Gasteiger partial charge < -0.3 is 4.52 Å². The Balaban J connectivity index is 2.33. The second kappa shape index (κ2) is 3.88. The van der Waals surface area contributed by atoms with E-state index in [1.54, 1.807) is 13.0 Å². The van der Waals surface area contributed by atoms with Crippen molar-refractivity contribution in [3.63, 3.8) is 0 Å². The normalized spacial score (nSPS) is 13.1. The minimum absolute atomic E-state index is 0.247. The molecule has 0 aromatic carbocycles. The molecule has 2 aromatic rings. The lowest BCUT2D eigenvalue weighted by atomic mass is 10.4. The van der Waals surface area contributed by atoms with Crippen molar-refractivity contribution in [1.29, 1.82) is 0 Å². The highest BCUT2D eigenvalue weighted by Crippen LogP contribution is 2.30. The zero-order valence-corrected chi connectivity index (χ0v) is 9.53. The Morgan fingerprint density at radius 2 is 2.29 bits per heavy atom. The smallest absolute Gasteiger partial charge is 0.268 e. The van der Waals surface area contributed by atoms with E-state index in [2.05, 4.69) is 10.1 Å². The summed E-state index contributed by atoms with van der Waals surface area (Å²) in [6.07, 6.45) is 0. The van der Waals surface area contributed by atoms with Crippen LogP contribution >= 0.6 is 34.5 Å². The van der Waals surface area contributed by atoms with Crippen LogP contribution in [0.4, 0.5) is 0 Å². The monoisotopic (exact) mass is 248 g/mol. The van der Waals surface area contributed by atoms with Crippen molar-refractivity contribution < 1.29 is 4.52 Å². The summed E-state index contributed by atoms with van der Waals surface area (Å²) in [5.74, 6) is 0.954. The average Bonchev–Trinajstić information content (AvgIpc) is 2.70. The van der Waals surface area contributed by atoms with E-state index in [1.165, 1.54) is 11.3 Å². The van der Waals surface area contributed by atoms with Gasteiger partial charge in [0.05, 0.1) is 14.6 Å². The third-order valence-electron chi connectivity index (χ3n) is 1.58. The molecule has 0 aliphatic heterocycles. The first kappa shape index (κ1) is 9.96. The summed E-state index contributed by atoms with van der Waals surface area (Å²) in [5, 5.41) is 3.50. The molecule has 0 saturated carbocycles. The summed E-state index contributed by atoms with van der Waals surface area (Å²) in [6.45, 7) is 1.79. The van der Waals surface area contributed by atoms with Crippen LogP contribution in [0.3, 0.4) is 0 Å². The van der Waals surface area contributed by atoms with Gasteiger partial charge in [0.1, 0.15) is 0 Å². The van der Waals surface area contributed by atoms with E-state index in [-0.39, 0.29) is 5.38 Å². The lowest BCUT2D eigenvalue weighted by Gasteiger charge is -1.89. The minimum Gasteiger partial charge on any atom is -0.333 e. The molecule has 0 aliphatic carbocycles. The lowest BCUT2D eigenvalue weighted by molar-refractivity contribution is 0.423. The van der Waals surface area contributed by atoms with Gasteiger partial charge in [-0.3, -0.25) is 0 Å². The third-order valence-corrected chi connectivity index (χ3v) is 3.00. The highest BCUT2D eigenvalue weighted by Gasteiger charge is 2.13. The van der Waals surface area contributed by atoms with Gasteiger partial charge in [-0.2, -0.15) is 4.98 Å². The molecule has 3 nitrogen and oxygen atoms in total. The first-order chi connectivity index (χ1) is 6.66. The van der Waals surface area contributed by atoms with Gasteiger partial charge in [-0.25, -0.2) is 0 Å². The summed E-state index contributed by atoms with van der Waals surface area (Å²) in [5.41, 5.74) is 0. The highest BCUT2D eigenvalue weighted by atomic mass is 35.5. The van der Waals surface area contributed by atoms with Crippen LogP contribution in [0.1, 0.15) is 18.1 Å². The number of alkyl halides is 1. The number of halogens is 2. The number of nitrogens with zero attached hydrogens (tertiary/aromatic N) is 2. The molecule has 0 spiro atoms. The highest BCUT2D eigenvalue weighted by molar-refractivity contribution is 7.19. The van der Waals surface area contributed by atoms with E-state index >= 15 is 0 Å². The molecule has 6 heteroatoms. The number of thiophene rings is 1. The van der Waals surface area contributed by atoms with Crippen LogP contribution in [-0.2, 0) is 0 Å². The number of hydrogen-bond acceptors (Lipinski definition) is 4. The zero-order chi connectivity index (χ0) is 10.1. The summed E-state index contributed by atoms with van der Waals surface area (Å²) < 4.78 is 5.72. The Bertz CT molecular complexity index is 438. The van der Waals surface area contributed by atoms with Crippen LogP contribution in [0.5, 0.6) is 0 Å². The van der Waals surface area contributed by atoms with E-state index in [4.69, 9.17) is 27.7 Å². The zero-order valence-electron chi connectivity index (χ0n) is 7.20. The molecular weight excluding hydrogens is 243 g/mol. The quantitative estimate of drug-likeness (QED) is 0.761. The Kier molecular flexibility index (Phi) is 2.76. The SMILES string of the molecule is CC(Cl)c1noc(-c2ccc(Cl)s2)n1. The van der Waals surface area contributed by atoms with Gasteiger partial charge in [-0.15, -0.1) is 22.9 Å². The maximum atomic E-state index is 5.80. The van der Waals surface area contributed by atoms with Gasteiger partial charge in [0.2, 0.25) is 0 Å². The second-order valence-corrected chi connectivity index (χ2v) is 5.05. The molecule has 0 saturated heterocycles. The fraction of sp³-hybridized carbons (Fsp3) is 0.250. The van der Waals surface area contributed by atoms with Crippen LogP contribution in [0.25, 0.3) is 10.8 Å².